The minimum absolute atomic E-state index is 0.436. The Morgan fingerprint density at radius 3 is 2.70 bits per heavy atom. The molecule has 6 heteroatoms. The van der Waals surface area contributed by atoms with E-state index in [2.05, 4.69) is 15.3 Å². The molecule has 2 aromatic heterocycles. The molecule has 100 valence electrons. The molecule has 0 aliphatic heterocycles. The summed E-state index contributed by atoms with van der Waals surface area (Å²) in [6.45, 7) is 0. The van der Waals surface area contributed by atoms with Crippen LogP contribution >= 0.6 is 0 Å². The first-order valence-electron chi connectivity index (χ1n) is 5.96. The quantitative estimate of drug-likeness (QED) is 0.686. The summed E-state index contributed by atoms with van der Waals surface area (Å²) < 4.78 is 20.0. The zero-order chi connectivity index (χ0) is 13.9. The van der Waals surface area contributed by atoms with Crippen molar-refractivity contribution in [1.82, 2.24) is 20.0 Å². The molecule has 0 N–H and O–H groups in total. The van der Waals surface area contributed by atoms with Crippen LogP contribution in [0, 0.1) is 5.95 Å². The lowest BCUT2D eigenvalue weighted by Gasteiger charge is -2.06. The van der Waals surface area contributed by atoms with Crippen molar-refractivity contribution in [2.75, 3.05) is 7.11 Å². The topological polar surface area (TPSA) is 52.8 Å². The molecule has 0 fully saturated rings. The average Bonchev–Trinajstić information content (AvgIpc) is 2.97. The molecule has 20 heavy (non-hydrogen) atoms. The summed E-state index contributed by atoms with van der Waals surface area (Å²) in [5.74, 6) is 0.130. The molecule has 3 aromatic rings. The number of nitrogens with zero attached hydrogens (tertiary/aromatic N) is 4. The lowest BCUT2D eigenvalue weighted by molar-refractivity contribution is 0.411. The van der Waals surface area contributed by atoms with Gasteiger partial charge in [0.05, 0.1) is 19.0 Å². The Bertz CT molecular complexity index is 741. The fourth-order valence-electron chi connectivity index (χ4n) is 1.87. The fourth-order valence-corrected chi connectivity index (χ4v) is 1.87. The highest BCUT2D eigenvalue weighted by molar-refractivity contribution is 5.54. The predicted octanol–water partition coefficient (Wildman–Crippen LogP) is 2.48. The normalized spacial score (nSPS) is 10.5. The van der Waals surface area contributed by atoms with Crippen LogP contribution in [0.3, 0.4) is 0 Å². The van der Waals surface area contributed by atoms with Crippen LogP contribution in [0.25, 0.3) is 17.1 Å². The molecule has 0 aliphatic rings. The second-order valence-electron chi connectivity index (χ2n) is 4.07. The van der Waals surface area contributed by atoms with Gasteiger partial charge < -0.3 is 4.74 Å². The van der Waals surface area contributed by atoms with Crippen LogP contribution in [0.15, 0.2) is 48.7 Å². The summed E-state index contributed by atoms with van der Waals surface area (Å²) in [5, 5.41) is 8.03. The SMILES string of the molecule is COc1ccccc1-n1cc(-c2cccc(F)n2)nn1. The molecule has 0 aliphatic carbocycles. The van der Waals surface area contributed by atoms with Gasteiger partial charge in [-0.3, -0.25) is 0 Å². The number of hydrogen-bond acceptors (Lipinski definition) is 4. The summed E-state index contributed by atoms with van der Waals surface area (Å²) in [5.41, 5.74) is 1.69. The molecular weight excluding hydrogens is 259 g/mol. The first-order valence-corrected chi connectivity index (χ1v) is 5.96. The van der Waals surface area contributed by atoms with Crippen LogP contribution in [0.5, 0.6) is 5.75 Å². The number of ether oxygens (including phenoxy) is 1. The van der Waals surface area contributed by atoms with E-state index >= 15 is 0 Å². The summed E-state index contributed by atoms with van der Waals surface area (Å²) in [6, 6.07) is 12.0. The van der Waals surface area contributed by atoms with Gasteiger partial charge in [0.2, 0.25) is 5.95 Å². The van der Waals surface area contributed by atoms with Crippen LogP contribution < -0.4 is 4.74 Å². The van der Waals surface area contributed by atoms with E-state index in [1.165, 1.54) is 6.07 Å². The van der Waals surface area contributed by atoms with E-state index in [9.17, 15) is 4.39 Å². The maximum atomic E-state index is 13.1. The highest BCUT2D eigenvalue weighted by Gasteiger charge is 2.10. The number of hydrogen-bond donors (Lipinski definition) is 0. The molecule has 0 spiro atoms. The molecule has 5 nitrogen and oxygen atoms in total. The molecule has 0 amide bonds. The number of pyridine rings is 1. The number of para-hydroxylation sites is 2. The molecule has 0 atom stereocenters. The first kappa shape index (κ1) is 12.3. The minimum atomic E-state index is -0.547. The molecule has 0 bridgehead atoms. The Balaban J connectivity index is 2.02. The van der Waals surface area contributed by atoms with E-state index in [4.69, 9.17) is 4.74 Å². The van der Waals surface area contributed by atoms with Crippen molar-refractivity contribution in [3.8, 4) is 22.8 Å². The molecule has 0 unspecified atom stereocenters. The fraction of sp³-hybridized carbons (Fsp3) is 0.0714. The zero-order valence-electron chi connectivity index (χ0n) is 10.7. The van der Waals surface area contributed by atoms with Crippen LogP contribution in [0.4, 0.5) is 4.39 Å². The minimum Gasteiger partial charge on any atom is -0.494 e. The number of methoxy groups -OCH3 is 1. The van der Waals surface area contributed by atoms with Crippen molar-refractivity contribution in [2.24, 2.45) is 0 Å². The van der Waals surface area contributed by atoms with Gasteiger partial charge in [-0.15, -0.1) is 5.10 Å². The Labute approximate surface area is 114 Å². The van der Waals surface area contributed by atoms with Gasteiger partial charge in [-0.1, -0.05) is 23.4 Å². The highest BCUT2D eigenvalue weighted by Crippen LogP contribution is 2.22. The Morgan fingerprint density at radius 1 is 1.05 bits per heavy atom. The van der Waals surface area contributed by atoms with Crippen LogP contribution in [-0.2, 0) is 0 Å². The molecular formula is C14H11FN4O. The Kier molecular flexibility index (Phi) is 3.12. The van der Waals surface area contributed by atoms with E-state index in [-0.39, 0.29) is 0 Å². The zero-order valence-corrected chi connectivity index (χ0v) is 10.7. The largest absolute Gasteiger partial charge is 0.494 e. The second kappa shape index (κ2) is 5.08. The molecule has 0 radical (unpaired) electrons. The summed E-state index contributed by atoms with van der Waals surface area (Å²) in [6.07, 6.45) is 1.68. The van der Waals surface area contributed by atoms with E-state index < -0.39 is 5.95 Å². The van der Waals surface area contributed by atoms with Crippen LogP contribution in [-0.4, -0.2) is 27.1 Å². The summed E-state index contributed by atoms with van der Waals surface area (Å²) in [7, 11) is 1.59. The van der Waals surface area contributed by atoms with Gasteiger partial charge >= 0.3 is 0 Å². The van der Waals surface area contributed by atoms with E-state index in [1.807, 2.05) is 24.3 Å². The Morgan fingerprint density at radius 2 is 1.90 bits per heavy atom. The van der Waals surface area contributed by atoms with E-state index in [0.29, 0.717) is 17.1 Å². The Hall–Kier alpha value is -2.76. The number of rotatable bonds is 3. The molecule has 3 rings (SSSR count). The van der Waals surface area contributed by atoms with Gasteiger partial charge in [0.25, 0.3) is 0 Å². The van der Waals surface area contributed by atoms with E-state index in [0.717, 1.165) is 5.69 Å². The molecule has 0 saturated heterocycles. The number of benzene rings is 1. The molecule has 0 saturated carbocycles. The smallest absolute Gasteiger partial charge is 0.213 e. The van der Waals surface area contributed by atoms with Crippen molar-refractivity contribution in [2.45, 2.75) is 0 Å². The van der Waals surface area contributed by atoms with Crippen molar-refractivity contribution in [3.05, 3.63) is 54.6 Å². The van der Waals surface area contributed by atoms with Crippen molar-refractivity contribution >= 4 is 0 Å². The van der Waals surface area contributed by atoms with Gasteiger partial charge in [-0.05, 0) is 24.3 Å². The lowest BCUT2D eigenvalue weighted by atomic mass is 10.3. The van der Waals surface area contributed by atoms with Gasteiger partial charge in [0.15, 0.2) is 0 Å². The van der Waals surface area contributed by atoms with Crippen LogP contribution in [0.2, 0.25) is 0 Å². The van der Waals surface area contributed by atoms with Gasteiger partial charge in [0, 0.05) is 0 Å². The number of aromatic nitrogens is 4. The standard InChI is InChI=1S/C14H11FN4O/c1-20-13-7-3-2-6-12(13)19-9-11(17-18-19)10-5-4-8-14(15)16-10/h2-9H,1H3. The van der Waals surface area contributed by atoms with Crippen molar-refractivity contribution < 1.29 is 9.13 Å². The maximum absolute atomic E-state index is 13.1. The van der Waals surface area contributed by atoms with E-state index in [1.54, 1.807) is 30.1 Å². The molecule has 2 heterocycles. The third-order valence-electron chi connectivity index (χ3n) is 2.80. The summed E-state index contributed by atoms with van der Waals surface area (Å²) in [4.78, 5) is 3.78. The highest BCUT2D eigenvalue weighted by atomic mass is 19.1. The van der Waals surface area contributed by atoms with Crippen molar-refractivity contribution in [1.29, 1.82) is 0 Å². The second-order valence-corrected chi connectivity index (χ2v) is 4.07. The van der Waals surface area contributed by atoms with Gasteiger partial charge in [-0.2, -0.15) is 4.39 Å². The third kappa shape index (κ3) is 2.23. The molecule has 1 aromatic carbocycles. The van der Waals surface area contributed by atoms with Gasteiger partial charge in [0.1, 0.15) is 17.1 Å². The lowest BCUT2D eigenvalue weighted by Crippen LogP contribution is -1.98. The predicted molar refractivity (Wildman–Crippen MR) is 71.1 cm³/mol. The first-order chi connectivity index (χ1) is 9.78. The maximum Gasteiger partial charge on any atom is 0.213 e. The monoisotopic (exact) mass is 270 g/mol. The third-order valence-corrected chi connectivity index (χ3v) is 2.80. The number of halogens is 1. The van der Waals surface area contributed by atoms with Crippen molar-refractivity contribution in [3.63, 3.8) is 0 Å². The van der Waals surface area contributed by atoms with Gasteiger partial charge in [-0.25, -0.2) is 9.67 Å². The van der Waals surface area contributed by atoms with Crippen LogP contribution in [0.1, 0.15) is 0 Å². The average molecular weight is 270 g/mol. The summed E-state index contributed by atoms with van der Waals surface area (Å²) >= 11 is 0.